The molecule has 45 heavy (non-hydrogen) atoms. The quantitative estimate of drug-likeness (QED) is 0.395. The van der Waals surface area contributed by atoms with Crippen LogP contribution in [-0.2, 0) is 11.2 Å². The molecule has 3 N–H and O–H groups in total. The molecule has 3 aromatic rings. The highest BCUT2D eigenvalue weighted by Gasteiger charge is 2.49. The number of hydrogen-bond donors (Lipinski definition) is 2. The molecule has 240 valence electrons. The van der Waals surface area contributed by atoms with Crippen molar-refractivity contribution in [3.8, 4) is 17.3 Å². The summed E-state index contributed by atoms with van der Waals surface area (Å²) in [6.07, 6.45) is 7.53. The number of aryl methyl sites for hydroxylation is 1. The lowest BCUT2D eigenvalue weighted by atomic mass is 9.94. The Kier molecular flexibility index (Phi) is 8.18. The predicted octanol–water partition coefficient (Wildman–Crippen LogP) is 4.96. The highest BCUT2D eigenvalue weighted by molar-refractivity contribution is 5.92. The van der Waals surface area contributed by atoms with E-state index >= 15 is 8.78 Å². The van der Waals surface area contributed by atoms with Crippen molar-refractivity contribution >= 4 is 28.3 Å². The molecule has 5 aliphatic rings. The number of fused-ring (bicyclic) bond motifs is 9. The summed E-state index contributed by atoms with van der Waals surface area (Å²) >= 11 is 0. The number of ether oxygens (including phenoxy) is 1. The Bertz CT molecular complexity index is 1610. The zero-order valence-corrected chi connectivity index (χ0v) is 25.5. The summed E-state index contributed by atoms with van der Waals surface area (Å²) in [6.45, 7) is 3.36. The van der Waals surface area contributed by atoms with Crippen molar-refractivity contribution in [2.24, 2.45) is 5.92 Å². The second-order valence-corrected chi connectivity index (χ2v) is 13.2. The number of halogens is 3. The second kappa shape index (κ2) is 12.3. The van der Waals surface area contributed by atoms with E-state index in [0.717, 1.165) is 38.6 Å². The molecule has 5 aliphatic heterocycles. The number of piperidine rings is 1. The van der Waals surface area contributed by atoms with Gasteiger partial charge in [0.2, 0.25) is 5.91 Å². The van der Waals surface area contributed by atoms with Crippen LogP contribution in [0.4, 0.5) is 24.7 Å². The van der Waals surface area contributed by atoms with Crippen molar-refractivity contribution in [3.63, 3.8) is 0 Å². The monoisotopic (exact) mass is 623 g/mol. The third-order valence-electron chi connectivity index (χ3n) is 10.2. The number of rotatable bonds is 3. The number of hydrogen-bond acceptors (Lipinski definition) is 8. The van der Waals surface area contributed by atoms with Crippen molar-refractivity contribution in [1.29, 1.82) is 0 Å². The Hall–Kier alpha value is -3.67. The molecule has 2 aromatic heterocycles. The molecule has 0 radical (unpaired) electrons. The summed E-state index contributed by atoms with van der Waals surface area (Å²) in [7, 11) is 0. The molecule has 3 unspecified atom stereocenters. The van der Waals surface area contributed by atoms with Gasteiger partial charge in [0, 0.05) is 50.8 Å². The Morgan fingerprint density at radius 3 is 2.80 bits per heavy atom. The number of nitrogens with zero attached hydrogens (tertiary/aromatic N) is 5. The van der Waals surface area contributed by atoms with Crippen molar-refractivity contribution in [2.75, 3.05) is 50.0 Å². The molecule has 3 atom stereocenters. The summed E-state index contributed by atoms with van der Waals surface area (Å²) in [4.78, 5) is 30.6. The SMILES string of the molecule is Nc1ccc2c(c1F)-c1ncc3c(nc(OCC45CCCN4CC(F)C5)nc3c1F)N1CCCC(CCNC(=O)CCCC2)C1. The lowest BCUT2D eigenvalue weighted by molar-refractivity contribution is -0.121. The van der Waals surface area contributed by atoms with Gasteiger partial charge in [-0.15, -0.1) is 0 Å². The number of carbonyl (C=O) groups is 1. The van der Waals surface area contributed by atoms with Crippen LogP contribution in [-0.4, -0.2) is 76.8 Å². The average molecular weight is 624 g/mol. The highest BCUT2D eigenvalue weighted by atomic mass is 19.1. The van der Waals surface area contributed by atoms with Gasteiger partial charge in [0.25, 0.3) is 0 Å². The Morgan fingerprint density at radius 2 is 1.91 bits per heavy atom. The van der Waals surface area contributed by atoms with Crippen molar-refractivity contribution in [1.82, 2.24) is 25.2 Å². The topological polar surface area (TPSA) is 110 Å². The van der Waals surface area contributed by atoms with E-state index in [4.69, 9.17) is 15.5 Å². The third kappa shape index (κ3) is 5.77. The molecule has 7 heterocycles. The van der Waals surface area contributed by atoms with Crippen LogP contribution in [0.5, 0.6) is 6.01 Å². The zero-order chi connectivity index (χ0) is 31.1. The third-order valence-corrected chi connectivity index (χ3v) is 10.2. The van der Waals surface area contributed by atoms with Crippen LogP contribution in [0.1, 0.15) is 63.4 Å². The van der Waals surface area contributed by atoms with Gasteiger partial charge in [-0.2, -0.15) is 9.97 Å². The van der Waals surface area contributed by atoms with E-state index in [2.05, 4.69) is 25.1 Å². The number of carbonyl (C=O) groups excluding carboxylic acids is 1. The number of pyridine rings is 1. The number of aromatic nitrogens is 3. The predicted molar refractivity (Wildman–Crippen MR) is 166 cm³/mol. The van der Waals surface area contributed by atoms with Gasteiger partial charge in [0.05, 0.1) is 16.6 Å². The number of amides is 1. The molecule has 0 saturated carbocycles. The van der Waals surface area contributed by atoms with Crippen LogP contribution in [0.15, 0.2) is 18.3 Å². The van der Waals surface area contributed by atoms with Crippen LogP contribution in [0.2, 0.25) is 0 Å². The summed E-state index contributed by atoms with van der Waals surface area (Å²) < 4.78 is 53.0. The molecular weight excluding hydrogens is 583 g/mol. The zero-order valence-electron chi connectivity index (χ0n) is 25.5. The van der Waals surface area contributed by atoms with E-state index in [1.54, 1.807) is 6.07 Å². The van der Waals surface area contributed by atoms with E-state index in [0.29, 0.717) is 81.0 Å². The fourth-order valence-corrected chi connectivity index (χ4v) is 7.84. The molecule has 3 saturated heterocycles. The van der Waals surface area contributed by atoms with Gasteiger partial charge in [-0.05, 0) is 75.5 Å². The molecule has 9 nitrogen and oxygen atoms in total. The normalized spacial score (nSPS) is 26.0. The van der Waals surface area contributed by atoms with Gasteiger partial charge in [0.15, 0.2) is 11.6 Å². The minimum atomic E-state index is -0.911. The van der Waals surface area contributed by atoms with Gasteiger partial charge < -0.3 is 20.7 Å². The summed E-state index contributed by atoms with van der Waals surface area (Å²) in [5.41, 5.74) is 5.81. The van der Waals surface area contributed by atoms with Crippen LogP contribution in [0, 0.1) is 17.6 Å². The number of alkyl halides is 1. The molecule has 8 rings (SSSR count). The van der Waals surface area contributed by atoms with Gasteiger partial charge in [0.1, 0.15) is 29.8 Å². The van der Waals surface area contributed by atoms with E-state index in [1.165, 1.54) is 12.3 Å². The summed E-state index contributed by atoms with van der Waals surface area (Å²) in [5.74, 6) is -0.703. The average Bonchev–Trinajstić information content (AvgIpc) is 3.56. The molecule has 6 bridgehead atoms. The van der Waals surface area contributed by atoms with Crippen molar-refractivity contribution < 1.29 is 22.7 Å². The van der Waals surface area contributed by atoms with Crippen LogP contribution < -0.4 is 20.7 Å². The van der Waals surface area contributed by atoms with Gasteiger partial charge in [-0.1, -0.05) is 6.07 Å². The molecular formula is C33H40F3N7O2. The van der Waals surface area contributed by atoms with Crippen LogP contribution >= 0.6 is 0 Å². The van der Waals surface area contributed by atoms with Gasteiger partial charge in [-0.3, -0.25) is 14.7 Å². The Balaban J connectivity index is 1.33. The maximum absolute atomic E-state index is 16.7. The fourth-order valence-electron chi connectivity index (χ4n) is 7.84. The standard InChI is InChI=1S/C33H40F3N7O2/c34-22-15-33(11-4-14-43(33)18-22)19-45-32-40-29-23-16-39-30(28(29)36)26-21(8-9-24(37)27(26)35)6-1-2-7-25(44)38-12-10-20-5-3-13-42(17-20)31(23)41-32/h8-9,16,20,22H,1-7,10-15,17-19,37H2,(H,38,44). The van der Waals surface area contributed by atoms with Gasteiger partial charge >= 0.3 is 6.01 Å². The minimum absolute atomic E-state index is 0.000986. The van der Waals surface area contributed by atoms with Crippen LogP contribution in [0.3, 0.4) is 0 Å². The molecule has 1 aromatic carbocycles. The molecule has 3 fully saturated rings. The lowest BCUT2D eigenvalue weighted by Gasteiger charge is -2.34. The number of nitrogens with two attached hydrogens (primary N) is 1. The number of anilines is 2. The number of nitrogen functional groups attached to an aromatic ring is 1. The first-order valence-electron chi connectivity index (χ1n) is 16.3. The highest BCUT2D eigenvalue weighted by Crippen LogP contribution is 2.41. The summed E-state index contributed by atoms with van der Waals surface area (Å²) in [5, 5.41) is 3.46. The smallest absolute Gasteiger partial charge is 0.319 e. The summed E-state index contributed by atoms with van der Waals surface area (Å²) in [6, 6.07) is 3.17. The van der Waals surface area contributed by atoms with Crippen molar-refractivity contribution in [3.05, 3.63) is 35.5 Å². The van der Waals surface area contributed by atoms with E-state index in [1.807, 2.05) is 0 Å². The Morgan fingerprint density at radius 1 is 1.04 bits per heavy atom. The molecule has 0 spiro atoms. The molecule has 0 aliphatic carbocycles. The van der Waals surface area contributed by atoms with Crippen molar-refractivity contribution in [2.45, 2.75) is 75.9 Å². The van der Waals surface area contributed by atoms with Gasteiger partial charge in [-0.25, -0.2) is 13.2 Å². The Labute approximate surface area is 260 Å². The van der Waals surface area contributed by atoms with Crippen LogP contribution in [0.25, 0.3) is 22.2 Å². The number of nitrogens with one attached hydrogen (secondary N) is 1. The fraction of sp³-hybridized carbons (Fsp3) is 0.576. The maximum atomic E-state index is 16.7. The van der Waals surface area contributed by atoms with E-state index < -0.39 is 23.3 Å². The molecule has 12 heteroatoms. The minimum Gasteiger partial charge on any atom is -0.461 e. The number of benzene rings is 1. The van der Waals surface area contributed by atoms with E-state index in [-0.39, 0.29) is 41.0 Å². The second-order valence-electron chi connectivity index (χ2n) is 13.2. The first-order chi connectivity index (χ1) is 21.8. The first-order valence-corrected chi connectivity index (χ1v) is 16.3. The van der Waals surface area contributed by atoms with E-state index in [9.17, 15) is 9.18 Å². The maximum Gasteiger partial charge on any atom is 0.319 e. The largest absolute Gasteiger partial charge is 0.461 e. The first kappa shape index (κ1) is 30.0. The molecule has 1 amide bonds. The lowest BCUT2D eigenvalue weighted by Crippen LogP contribution is -2.43.